The summed E-state index contributed by atoms with van der Waals surface area (Å²) in [5.41, 5.74) is -0.815. The number of rotatable bonds is 6. The Morgan fingerprint density at radius 1 is 0.966 bits per heavy atom. The number of amides is 3. The van der Waals surface area contributed by atoms with Gasteiger partial charge in [-0.05, 0) is 48.5 Å². The highest BCUT2D eigenvalue weighted by molar-refractivity contribution is 7.89. The first-order valence-electron chi connectivity index (χ1n) is 8.11. The lowest BCUT2D eigenvalue weighted by Gasteiger charge is -2.11. The zero-order valence-electron chi connectivity index (χ0n) is 14.5. The number of hydrogen-bond acceptors (Lipinski definition) is 5. The number of benzene rings is 2. The van der Waals surface area contributed by atoms with Crippen molar-refractivity contribution in [3.05, 3.63) is 54.1 Å². The number of alkyl halides is 3. The van der Waals surface area contributed by atoms with Gasteiger partial charge in [0.25, 0.3) is 5.91 Å². The lowest BCUT2D eigenvalue weighted by molar-refractivity contribution is -0.137. The van der Waals surface area contributed by atoms with Crippen molar-refractivity contribution in [3.8, 4) is 11.5 Å². The summed E-state index contributed by atoms with van der Waals surface area (Å²) in [5, 5.41) is 4.24. The summed E-state index contributed by atoms with van der Waals surface area (Å²) in [6.45, 7) is -0.330. The number of carbonyl (C=O) groups excluding carboxylic acids is 2. The first kappa shape index (κ1) is 20.6. The van der Waals surface area contributed by atoms with Gasteiger partial charge in [-0.3, -0.25) is 10.1 Å². The van der Waals surface area contributed by atoms with E-state index in [0.29, 0.717) is 0 Å². The molecule has 0 spiro atoms. The molecule has 29 heavy (non-hydrogen) atoms. The zero-order valence-corrected chi connectivity index (χ0v) is 15.3. The Balaban J connectivity index is 1.63. The Hall–Kier alpha value is -3.12. The molecule has 2 aromatic carbocycles. The molecule has 1 aliphatic heterocycles. The molecule has 12 heteroatoms. The van der Waals surface area contributed by atoms with Crippen LogP contribution in [-0.4, -0.2) is 32.9 Å². The predicted molar refractivity (Wildman–Crippen MR) is 93.6 cm³/mol. The van der Waals surface area contributed by atoms with E-state index in [-0.39, 0.29) is 22.9 Å². The fourth-order valence-corrected chi connectivity index (χ4v) is 3.46. The molecule has 3 rings (SSSR count). The van der Waals surface area contributed by atoms with E-state index in [0.717, 1.165) is 24.3 Å². The normalized spacial score (nSPS) is 17.0. The third-order valence-electron chi connectivity index (χ3n) is 3.89. The summed E-state index contributed by atoms with van der Waals surface area (Å²) in [7, 11) is -3.96. The average Bonchev–Trinajstić information content (AvgIpc) is 2.97. The lowest BCUT2D eigenvalue weighted by Crippen LogP contribution is -2.41. The number of urea groups is 1. The molecule has 3 amide bonds. The number of carbonyl (C=O) groups is 2. The molecular weight excluding hydrogens is 415 g/mol. The molecule has 1 saturated heterocycles. The summed E-state index contributed by atoms with van der Waals surface area (Å²) in [6, 6.07) is 7.44. The van der Waals surface area contributed by atoms with Gasteiger partial charge in [-0.15, -0.1) is 0 Å². The van der Waals surface area contributed by atoms with Crippen LogP contribution in [0.3, 0.4) is 0 Å². The maximum Gasteiger partial charge on any atom is 0.416 e. The number of hydrogen-bond donors (Lipinski definition) is 3. The fourth-order valence-electron chi connectivity index (χ4n) is 2.41. The first-order chi connectivity index (χ1) is 13.5. The van der Waals surface area contributed by atoms with Gasteiger partial charge in [0.05, 0.1) is 10.5 Å². The van der Waals surface area contributed by atoms with Crippen LogP contribution in [0.4, 0.5) is 18.0 Å². The first-order valence-corrected chi connectivity index (χ1v) is 9.59. The van der Waals surface area contributed by atoms with Gasteiger partial charge in [-0.1, -0.05) is 0 Å². The highest BCUT2D eigenvalue weighted by Crippen LogP contribution is 2.31. The molecule has 1 unspecified atom stereocenters. The van der Waals surface area contributed by atoms with Gasteiger partial charge in [0.2, 0.25) is 10.0 Å². The second-order valence-corrected chi connectivity index (χ2v) is 7.73. The van der Waals surface area contributed by atoms with E-state index in [4.69, 9.17) is 4.74 Å². The van der Waals surface area contributed by atoms with E-state index < -0.39 is 39.7 Å². The predicted octanol–water partition coefficient (Wildman–Crippen LogP) is 1.98. The van der Waals surface area contributed by atoms with Gasteiger partial charge >= 0.3 is 12.2 Å². The number of imide groups is 1. The van der Waals surface area contributed by atoms with Crippen LogP contribution in [0, 0.1) is 0 Å². The lowest BCUT2D eigenvalue weighted by atomic mass is 10.2. The number of sulfonamides is 1. The van der Waals surface area contributed by atoms with Crippen molar-refractivity contribution in [1.29, 1.82) is 0 Å². The molecule has 1 heterocycles. The number of halogens is 3. The van der Waals surface area contributed by atoms with E-state index in [1.54, 1.807) is 0 Å². The molecule has 154 valence electrons. The van der Waals surface area contributed by atoms with E-state index in [9.17, 15) is 31.2 Å². The molecule has 0 bridgehead atoms. The van der Waals surface area contributed by atoms with E-state index >= 15 is 0 Å². The highest BCUT2D eigenvalue weighted by atomic mass is 32.2. The van der Waals surface area contributed by atoms with Crippen molar-refractivity contribution >= 4 is 22.0 Å². The second-order valence-electron chi connectivity index (χ2n) is 5.96. The van der Waals surface area contributed by atoms with Crippen LogP contribution < -0.4 is 20.1 Å². The third kappa shape index (κ3) is 5.03. The SMILES string of the molecule is O=C1NC(=O)C(CNS(=O)(=O)c2ccc(Oc3ccc(C(F)(F)F)cc3)cc2)N1. The number of ether oxygens (including phenoxy) is 1. The average molecular weight is 429 g/mol. The maximum atomic E-state index is 12.6. The minimum Gasteiger partial charge on any atom is -0.457 e. The van der Waals surface area contributed by atoms with E-state index in [1.165, 1.54) is 24.3 Å². The molecule has 3 N–H and O–H groups in total. The van der Waals surface area contributed by atoms with Crippen LogP contribution in [0.2, 0.25) is 0 Å². The Morgan fingerprint density at radius 3 is 2.00 bits per heavy atom. The van der Waals surface area contributed by atoms with Crippen LogP contribution >= 0.6 is 0 Å². The molecule has 2 aromatic rings. The Labute approximate surface area is 163 Å². The van der Waals surface area contributed by atoms with Gasteiger partial charge in [-0.2, -0.15) is 13.2 Å². The third-order valence-corrected chi connectivity index (χ3v) is 5.33. The smallest absolute Gasteiger partial charge is 0.416 e. The van der Waals surface area contributed by atoms with E-state index in [2.05, 4.69) is 10.0 Å². The fraction of sp³-hybridized carbons (Fsp3) is 0.176. The monoisotopic (exact) mass is 429 g/mol. The quantitative estimate of drug-likeness (QED) is 0.608. The van der Waals surface area contributed by atoms with Crippen molar-refractivity contribution in [2.45, 2.75) is 17.1 Å². The summed E-state index contributed by atoms with van der Waals surface area (Å²) < 4.78 is 69.8. The Morgan fingerprint density at radius 2 is 1.52 bits per heavy atom. The van der Waals surface area contributed by atoms with Gasteiger partial charge in [0.15, 0.2) is 0 Å². The van der Waals surface area contributed by atoms with Gasteiger partial charge in [0, 0.05) is 6.54 Å². The molecule has 0 saturated carbocycles. The van der Waals surface area contributed by atoms with Crippen molar-refractivity contribution in [3.63, 3.8) is 0 Å². The Bertz CT molecular complexity index is 1020. The molecular formula is C17H14F3N3O5S. The summed E-state index contributed by atoms with van der Waals surface area (Å²) in [6.07, 6.45) is -4.45. The van der Waals surface area contributed by atoms with Gasteiger partial charge in [0.1, 0.15) is 17.5 Å². The molecule has 1 atom stereocenters. The Kier molecular flexibility index (Phi) is 5.48. The van der Waals surface area contributed by atoms with Gasteiger partial charge < -0.3 is 10.1 Å². The van der Waals surface area contributed by atoms with Crippen LogP contribution in [0.1, 0.15) is 5.56 Å². The molecule has 1 fully saturated rings. The van der Waals surface area contributed by atoms with Crippen molar-refractivity contribution in [2.75, 3.05) is 6.54 Å². The largest absolute Gasteiger partial charge is 0.457 e. The molecule has 0 radical (unpaired) electrons. The van der Waals surface area contributed by atoms with Crippen LogP contribution in [0.5, 0.6) is 11.5 Å². The second kappa shape index (κ2) is 7.72. The van der Waals surface area contributed by atoms with Crippen molar-refractivity contribution in [1.82, 2.24) is 15.4 Å². The minimum absolute atomic E-state index is 0.123. The summed E-state index contributed by atoms with van der Waals surface area (Å²) >= 11 is 0. The maximum absolute atomic E-state index is 12.6. The van der Waals surface area contributed by atoms with Crippen molar-refractivity contribution < 1.29 is 35.9 Å². The van der Waals surface area contributed by atoms with Crippen LogP contribution in [0.25, 0.3) is 0 Å². The molecule has 0 aliphatic carbocycles. The molecule has 8 nitrogen and oxygen atoms in total. The summed E-state index contributed by atoms with van der Waals surface area (Å²) in [4.78, 5) is 22.3. The zero-order chi connectivity index (χ0) is 21.2. The summed E-state index contributed by atoms with van der Waals surface area (Å²) in [5.74, 6) is -0.279. The minimum atomic E-state index is -4.45. The molecule has 0 aromatic heterocycles. The van der Waals surface area contributed by atoms with Crippen molar-refractivity contribution in [2.24, 2.45) is 0 Å². The van der Waals surface area contributed by atoms with Gasteiger partial charge in [-0.25, -0.2) is 17.9 Å². The number of nitrogens with one attached hydrogen (secondary N) is 3. The van der Waals surface area contributed by atoms with E-state index in [1.807, 2.05) is 5.32 Å². The highest BCUT2D eigenvalue weighted by Gasteiger charge is 2.31. The van der Waals surface area contributed by atoms with Crippen LogP contribution in [0.15, 0.2) is 53.4 Å². The molecule has 1 aliphatic rings. The van der Waals surface area contributed by atoms with Crippen LogP contribution in [-0.2, 0) is 21.0 Å². The topological polar surface area (TPSA) is 114 Å². The standard InChI is InChI=1S/C17H14F3N3O5S/c18-17(19,20)10-1-3-11(4-2-10)28-12-5-7-13(8-6-12)29(26,27)21-9-14-15(24)23-16(25)22-14/h1-8,14,21H,9H2,(H2,22,23,24,25).